The molecule has 1 fully saturated rings. The van der Waals surface area contributed by atoms with E-state index in [2.05, 4.69) is 0 Å². The van der Waals surface area contributed by atoms with E-state index in [1.165, 1.54) is 29.2 Å². The minimum Gasteiger partial charge on any atom is -0.319 e. The lowest BCUT2D eigenvalue weighted by atomic mass is 10.0. The van der Waals surface area contributed by atoms with Gasteiger partial charge in [-0.2, -0.15) is 5.06 Å². The van der Waals surface area contributed by atoms with Crippen molar-refractivity contribution in [2.45, 2.75) is 25.2 Å². The second kappa shape index (κ2) is 7.15. The van der Waals surface area contributed by atoms with Crippen LogP contribution in [-0.4, -0.2) is 47.7 Å². The monoisotopic (exact) mass is 318 g/mol. The number of carbonyl (C=O) groups is 1. The Hall–Kier alpha value is -1.24. The van der Waals surface area contributed by atoms with Crippen molar-refractivity contribution >= 4 is 17.0 Å². The normalized spacial score (nSPS) is 23.0. The zero-order valence-electron chi connectivity index (χ0n) is 11.6. The van der Waals surface area contributed by atoms with Crippen LogP contribution in [0.15, 0.2) is 24.3 Å². The first-order chi connectivity index (χ1) is 10.0. The SMILES string of the molecule is CON1CC[C@H](N(Cc2ccc(F)cc2)C(=O)Cl)[C@H](F)C1. The van der Waals surface area contributed by atoms with Gasteiger partial charge in [0.15, 0.2) is 0 Å². The molecule has 1 heterocycles. The van der Waals surface area contributed by atoms with Gasteiger partial charge in [-0.05, 0) is 35.7 Å². The molecule has 1 aliphatic rings. The summed E-state index contributed by atoms with van der Waals surface area (Å²) in [7, 11) is 1.48. The van der Waals surface area contributed by atoms with Crippen LogP contribution in [0.5, 0.6) is 0 Å². The van der Waals surface area contributed by atoms with Crippen LogP contribution in [0, 0.1) is 5.82 Å². The summed E-state index contributed by atoms with van der Waals surface area (Å²) in [5, 5.41) is 0.800. The van der Waals surface area contributed by atoms with Gasteiger partial charge in [-0.1, -0.05) is 12.1 Å². The van der Waals surface area contributed by atoms with E-state index in [1.54, 1.807) is 12.1 Å². The third kappa shape index (κ3) is 4.12. The van der Waals surface area contributed by atoms with Crippen molar-refractivity contribution in [2.75, 3.05) is 20.2 Å². The van der Waals surface area contributed by atoms with Crippen LogP contribution < -0.4 is 0 Å². The summed E-state index contributed by atoms with van der Waals surface area (Å²) in [6, 6.07) is 5.10. The molecule has 0 saturated carbocycles. The number of piperidine rings is 1. The van der Waals surface area contributed by atoms with Crippen LogP contribution in [0.3, 0.4) is 0 Å². The molecule has 7 heteroatoms. The number of hydroxylamine groups is 2. The molecular weight excluding hydrogens is 302 g/mol. The van der Waals surface area contributed by atoms with Crippen LogP contribution in [-0.2, 0) is 11.4 Å². The number of hydrogen-bond acceptors (Lipinski definition) is 3. The lowest BCUT2D eigenvalue weighted by Crippen LogP contribution is -2.52. The molecule has 0 aromatic heterocycles. The van der Waals surface area contributed by atoms with E-state index in [9.17, 15) is 13.6 Å². The fourth-order valence-electron chi connectivity index (χ4n) is 2.48. The Bertz CT molecular complexity index is 486. The molecule has 1 amide bonds. The molecule has 2 rings (SSSR count). The second-order valence-electron chi connectivity index (χ2n) is 4.95. The van der Waals surface area contributed by atoms with Crippen molar-refractivity contribution in [3.8, 4) is 0 Å². The Labute approximate surface area is 127 Å². The van der Waals surface area contributed by atoms with E-state index in [-0.39, 0.29) is 18.9 Å². The average molecular weight is 319 g/mol. The molecule has 116 valence electrons. The van der Waals surface area contributed by atoms with Crippen molar-refractivity contribution in [1.29, 1.82) is 0 Å². The number of hydrogen-bond donors (Lipinski definition) is 0. The molecule has 1 aromatic carbocycles. The Morgan fingerprint density at radius 3 is 2.67 bits per heavy atom. The van der Waals surface area contributed by atoms with E-state index in [0.717, 1.165) is 0 Å². The molecule has 0 aliphatic carbocycles. The number of benzene rings is 1. The third-order valence-corrected chi connectivity index (χ3v) is 3.84. The number of carbonyl (C=O) groups excluding carboxylic acids is 1. The molecule has 1 aliphatic heterocycles. The van der Waals surface area contributed by atoms with Gasteiger partial charge < -0.3 is 9.74 Å². The molecule has 21 heavy (non-hydrogen) atoms. The van der Waals surface area contributed by atoms with Gasteiger partial charge in [0, 0.05) is 13.1 Å². The van der Waals surface area contributed by atoms with Crippen LogP contribution in [0.25, 0.3) is 0 Å². The zero-order chi connectivity index (χ0) is 15.4. The van der Waals surface area contributed by atoms with Gasteiger partial charge in [0.05, 0.1) is 19.7 Å². The molecule has 0 bridgehead atoms. The summed E-state index contributed by atoms with van der Waals surface area (Å²) in [6.45, 7) is 0.762. The Morgan fingerprint density at radius 2 is 2.14 bits per heavy atom. The van der Waals surface area contributed by atoms with E-state index in [1.807, 2.05) is 0 Å². The van der Waals surface area contributed by atoms with Gasteiger partial charge in [-0.25, -0.2) is 8.78 Å². The van der Waals surface area contributed by atoms with E-state index in [0.29, 0.717) is 18.5 Å². The van der Waals surface area contributed by atoms with Gasteiger partial charge >= 0.3 is 5.37 Å². The smallest absolute Gasteiger partial charge is 0.317 e. The van der Waals surface area contributed by atoms with E-state index in [4.69, 9.17) is 16.4 Å². The van der Waals surface area contributed by atoms with Crippen LogP contribution >= 0.6 is 11.6 Å². The molecule has 0 unspecified atom stereocenters. The van der Waals surface area contributed by atoms with Crippen molar-refractivity contribution in [3.05, 3.63) is 35.6 Å². The maximum Gasteiger partial charge on any atom is 0.317 e. The van der Waals surface area contributed by atoms with Crippen LogP contribution in [0.1, 0.15) is 12.0 Å². The average Bonchev–Trinajstić information content (AvgIpc) is 2.46. The number of nitrogens with zero attached hydrogens (tertiary/aromatic N) is 2. The molecule has 0 N–H and O–H groups in total. The fourth-order valence-corrected chi connectivity index (χ4v) is 2.66. The minimum absolute atomic E-state index is 0.0885. The summed E-state index contributed by atoms with van der Waals surface area (Å²) in [6.07, 6.45) is -0.823. The Kier molecular flexibility index (Phi) is 5.50. The summed E-state index contributed by atoms with van der Waals surface area (Å²) >= 11 is 5.60. The number of rotatable bonds is 4. The predicted octanol–water partition coefficient (Wildman–Crippen LogP) is 2.96. The molecule has 1 aromatic rings. The predicted molar refractivity (Wildman–Crippen MR) is 75.1 cm³/mol. The lowest BCUT2D eigenvalue weighted by molar-refractivity contribution is -0.165. The Balaban J connectivity index is 2.08. The van der Waals surface area contributed by atoms with E-state index >= 15 is 0 Å². The van der Waals surface area contributed by atoms with Gasteiger partial charge in [-0.3, -0.25) is 4.79 Å². The highest BCUT2D eigenvalue weighted by Crippen LogP contribution is 2.23. The maximum absolute atomic E-state index is 14.2. The summed E-state index contributed by atoms with van der Waals surface area (Å²) < 4.78 is 27.1. The van der Waals surface area contributed by atoms with Crippen molar-refractivity contribution < 1.29 is 18.4 Å². The number of alkyl halides is 1. The van der Waals surface area contributed by atoms with Gasteiger partial charge in [0.2, 0.25) is 0 Å². The minimum atomic E-state index is -1.25. The summed E-state index contributed by atoms with van der Waals surface area (Å²) in [5.74, 6) is -0.362. The topological polar surface area (TPSA) is 32.8 Å². The zero-order valence-corrected chi connectivity index (χ0v) is 12.4. The lowest BCUT2D eigenvalue weighted by Gasteiger charge is -2.38. The summed E-state index contributed by atoms with van der Waals surface area (Å²) in [4.78, 5) is 17.9. The van der Waals surface area contributed by atoms with Crippen molar-refractivity contribution in [1.82, 2.24) is 9.96 Å². The largest absolute Gasteiger partial charge is 0.319 e. The quantitative estimate of drug-likeness (QED) is 0.632. The van der Waals surface area contributed by atoms with Crippen molar-refractivity contribution in [3.63, 3.8) is 0 Å². The molecular formula is C14H17ClF2N2O2. The first-order valence-electron chi connectivity index (χ1n) is 6.65. The van der Waals surface area contributed by atoms with Gasteiger partial charge in [0.25, 0.3) is 0 Å². The van der Waals surface area contributed by atoms with Gasteiger partial charge in [0.1, 0.15) is 12.0 Å². The first kappa shape index (κ1) is 16.1. The van der Waals surface area contributed by atoms with Gasteiger partial charge in [-0.15, -0.1) is 0 Å². The first-order valence-corrected chi connectivity index (χ1v) is 7.02. The fraction of sp³-hybridized carbons (Fsp3) is 0.500. The number of amides is 1. The molecule has 0 radical (unpaired) electrons. The highest BCUT2D eigenvalue weighted by molar-refractivity contribution is 6.62. The standard InChI is InChI=1S/C14H17ClF2N2O2/c1-21-18-7-6-13(12(17)9-18)19(14(15)20)8-10-2-4-11(16)5-3-10/h2-5,12-13H,6-9H2,1H3/t12-,13+/m1/s1. The highest BCUT2D eigenvalue weighted by Gasteiger charge is 2.35. The Morgan fingerprint density at radius 1 is 1.48 bits per heavy atom. The van der Waals surface area contributed by atoms with Crippen LogP contribution in [0.2, 0.25) is 0 Å². The van der Waals surface area contributed by atoms with Crippen LogP contribution in [0.4, 0.5) is 13.6 Å². The number of halogens is 3. The third-order valence-electron chi connectivity index (χ3n) is 3.62. The highest BCUT2D eigenvalue weighted by atomic mass is 35.5. The van der Waals surface area contributed by atoms with Crippen molar-refractivity contribution in [2.24, 2.45) is 0 Å². The molecule has 1 saturated heterocycles. The maximum atomic E-state index is 14.2. The molecule has 0 spiro atoms. The molecule has 2 atom stereocenters. The second-order valence-corrected chi connectivity index (χ2v) is 5.27. The summed E-state index contributed by atoms with van der Waals surface area (Å²) in [5.41, 5.74) is 0.701. The van der Waals surface area contributed by atoms with E-state index < -0.39 is 17.6 Å². The molecule has 4 nitrogen and oxygen atoms in total.